The maximum absolute atomic E-state index is 12.3. The SMILES string of the molecule is Cc1cc(NC(=O)Nc2ccccc2C[S@@](C)=O)c(C)c(C)c1O. The fourth-order valence-electron chi connectivity index (χ4n) is 2.46. The van der Waals surface area contributed by atoms with Crippen molar-refractivity contribution >= 4 is 28.2 Å². The first-order valence-electron chi connectivity index (χ1n) is 7.55. The molecular formula is C18H22N2O3S. The minimum absolute atomic E-state index is 0.245. The highest BCUT2D eigenvalue weighted by Gasteiger charge is 2.13. The van der Waals surface area contributed by atoms with Crippen LogP contribution in [-0.2, 0) is 16.6 Å². The van der Waals surface area contributed by atoms with Gasteiger partial charge in [-0.15, -0.1) is 0 Å². The number of nitrogens with one attached hydrogen (secondary N) is 2. The predicted octanol–water partition coefficient (Wildman–Crippen LogP) is 3.84. The summed E-state index contributed by atoms with van der Waals surface area (Å²) >= 11 is 0. The second-order valence-electron chi connectivity index (χ2n) is 5.79. The second kappa shape index (κ2) is 7.49. The molecule has 0 spiro atoms. The number of carbonyl (C=O) groups excluding carboxylic acids is 1. The molecule has 24 heavy (non-hydrogen) atoms. The van der Waals surface area contributed by atoms with Crippen molar-refractivity contribution in [3.05, 3.63) is 52.6 Å². The number of benzene rings is 2. The quantitative estimate of drug-likeness (QED) is 0.736. The predicted molar refractivity (Wildman–Crippen MR) is 99.2 cm³/mol. The molecule has 6 heteroatoms. The van der Waals surface area contributed by atoms with Gasteiger partial charge in [0.25, 0.3) is 0 Å². The lowest BCUT2D eigenvalue weighted by molar-refractivity contribution is 0.262. The Hall–Kier alpha value is -2.34. The van der Waals surface area contributed by atoms with Gasteiger partial charge in [-0.05, 0) is 55.2 Å². The monoisotopic (exact) mass is 346 g/mol. The Morgan fingerprint density at radius 1 is 1.08 bits per heavy atom. The molecule has 2 rings (SSSR count). The average Bonchev–Trinajstić information content (AvgIpc) is 2.52. The van der Waals surface area contributed by atoms with Gasteiger partial charge in [-0.25, -0.2) is 4.79 Å². The van der Waals surface area contributed by atoms with Crippen molar-refractivity contribution in [3.8, 4) is 5.75 Å². The third-order valence-electron chi connectivity index (χ3n) is 3.93. The van der Waals surface area contributed by atoms with E-state index in [-0.39, 0.29) is 11.8 Å². The molecule has 5 nitrogen and oxygen atoms in total. The molecule has 0 aliphatic heterocycles. The largest absolute Gasteiger partial charge is 0.507 e. The van der Waals surface area contributed by atoms with E-state index in [1.807, 2.05) is 32.0 Å². The zero-order valence-corrected chi connectivity index (χ0v) is 15.1. The number of phenolic OH excluding ortho intramolecular Hbond substituents is 1. The number of carbonyl (C=O) groups is 1. The number of rotatable bonds is 4. The van der Waals surface area contributed by atoms with Gasteiger partial charge in [0, 0.05) is 28.4 Å². The van der Waals surface area contributed by atoms with Crippen molar-refractivity contribution in [2.24, 2.45) is 0 Å². The fourth-order valence-corrected chi connectivity index (χ4v) is 3.15. The number of aromatic hydroxyl groups is 1. The molecule has 0 fully saturated rings. The highest BCUT2D eigenvalue weighted by Crippen LogP contribution is 2.30. The smallest absolute Gasteiger partial charge is 0.323 e. The standard InChI is InChI=1S/C18H22N2O3S/c1-11-9-16(12(2)13(3)17(11)21)20-18(22)19-15-8-6-5-7-14(15)10-24(4)23/h5-9,21H,10H2,1-4H3,(H2,19,20,22)/t24-/m1/s1. The lowest BCUT2D eigenvalue weighted by Crippen LogP contribution is -2.21. The van der Waals surface area contributed by atoms with Crippen LogP contribution >= 0.6 is 0 Å². The van der Waals surface area contributed by atoms with E-state index in [9.17, 15) is 14.1 Å². The molecule has 0 aromatic heterocycles. The number of anilines is 2. The van der Waals surface area contributed by atoms with Gasteiger partial charge in [0.15, 0.2) is 0 Å². The van der Waals surface area contributed by atoms with Crippen molar-refractivity contribution in [2.75, 3.05) is 16.9 Å². The summed E-state index contributed by atoms with van der Waals surface area (Å²) in [6.45, 7) is 5.45. The minimum atomic E-state index is -0.992. The van der Waals surface area contributed by atoms with E-state index in [1.54, 1.807) is 25.3 Å². The molecule has 0 heterocycles. The van der Waals surface area contributed by atoms with E-state index in [1.165, 1.54) is 0 Å². The molecule has 0 unspecified atom stereocenters. The van der Waals surface area contributed by atoms with Crippen molar-refractivity contribution in [1.29, 1.82) is 0 Å². The summed E-state index contributed by atoms with van der Waals surface area (Å²) in [6.07, 6.45) is 1.63. The van der Waals surface area contributed by atoms with Crippen LogP contribution < -0.4 is 10.6 Å². The third-order valence-corrected chi connectivity index (χ3v) is 4.65. The van der Waals surface area contributed by atoms with Gasteiger partial charge in [-0.1, -0.05) is 18.2 Å². The summed E-state index contributed by atoms with van der Waals surface area (Å²) in [6, 6.07) is 8.65. The Kier molecular flexibility index (Phi) is 5.62. The number of phenols is 1. The van der Waals surface area contributed by atoms with Gasteiger partial charge < -0.3 is 15.7 Å². The Morgan fingerprint density at radius 2 is 1.71 bits per heavy atom. The van der Waals surface area contributed by atoms with E-state index in [2.05, 4.69) is 10.6 Å². The van der Waals surface area contributed by atoms with E-state index in [0.717, 1.165) is 16.7 Å². The van der Waals surface area contributed by atoms with Gasteiger partial charge in [-0.3, -0.25) is 4.21 Å². The van der Waals surface area contributed by atoms with Crippen molar-refractivity contribution in [2.45, 2.75) is 26.5 Å². The molecule has 1 atom stereocenters. The van der Waals surface area contributed by atoms with Crippen LogP contribution in [-0.4, -0.2) is 21.6 Å². The van der Waals surface area contributed by atoms with Crippen LogP contribution in [0.15, 0.2) is 30.3 Å². The fraction of sp³-hybridized carbons (Fsp3) is 0.278. The van der Waals surface area contributed by atoms with Crippen LogP contribution in [0.3, 0.4) is 0 Å². The van der Waals surface area contributed by atoms with Crippen LogP contribution in [0.2, 0.25) is 0 Å². The summed E-state index contributed by atoms with van der Waals surface area (Å²) in [5, 5.41) is 15.6. The molecule has 0 saturated heterocycles. The van der Waals surface area contributed by atoms with Gasteiger partial charge in [0.1, 0.15) is 5.75 Å². The summed E-state index contributed by atoms with van der Waals surface area (Å²) in [5.41, 5.74) is 4.37. The minimum Gasteiger partial charge on any atom is -0.507 e. The molecule has 128 valence electrons. The molecule has 2 aromatic rings. The topological polar surface area (TPSA) is 78.4 Å². The Labute approximate surface area is 144 Å². The first-order valence-corrected chi connectivity index (χ1v) is 9.28. The van der Waals surface area contributed by atoms with Crippen LogP contribution in [0.1, 0.15) is 22.3 Å². The molecule has 0 radical (unpaired) electrons. The van der Waals surface area contributed by atoms with E-state index in [0.29, 0.717) is 22.7 Å². The molecule has 0 saturated carbocycles. The molecule has 0 bridgehead atoms. The average molecular weight is 346 g/mol. The maximum Gasteiger partial charge on any atom is 0.323 e. The third kappa shape index (κ3) is 4.14. The molecule has 2 amide bonds. The molecular weight excluding hydrogens is 324 g/mol. The Bertz CT molecular complexity index is 803. The van der Waals surface area contributed by atoms with E-state index in [4.69, 9.17) is 0 Å². The van der Waals surface area contributed by atoms with Crippen molar-refractivity contribution in [1.82, 2.24) is 0 Å². The van der Waals surface area contributed by atoms with E-state index < -0.39 is 10.8 Å². The van der Waals surface area contributed by atoms with Crippen LogP contribution in [0.25, 0.3) is 0 Å². The first kappa shape index (κ1) is 18.0. The van der Waals surface area contributed by atoms with Crippen molar-refractivity contribution < 1.29 is 14.1 Å². The lowest BCUT2D eigenvalue weighted by Gasteiger charge is -2.15. The van der Waals surface area contributed by atoms with Gasteiger partial charge in [-0.2, -0.15) is 0 Å². The number of hydrogen-bond donors (Lipinski definition) is 3. The van der Waals surface area contributed by atoms with Gasteiger partial charge >= 0.3 is 6.03 Å². The normalized spacial score (nSPS) is 11.8. The van der Waals surface area contributed by atoms with Crippen LogP contribution in [0, 0.1) is 20.8 Å². The Balaban J connectivity index is 2.20. The number of aryl methyl sites for hydroxylation is 1. The highest BCUT2D eigenvalue weighted by molar-refractivity contribution is 7.83. The first-order chi connectivity index (χ1) is 11.3. The summed E-state index contributed by atoms with van der Waals surface area (Å²) in [7, 11) is -0.992. The highest BCUT2D eigenvalue weighted by atomic mass is 32.2. The zero-order valence-electron chi connectivity index (χ0n) is 14.3. The Morgan fingerprint density at radius 3 is 2.38 bits per heavy atom. The second-order valence-corrected chi connectivity index (χ2v) is 7.23. The number of urea groups is 1. The molecule has 0 aliphatic carbocycles. The summed E-state index contributed by atoms with van der Waals surface area (Å²) < 4.78 is 11.5. The molecule has 0 aliphatic rings. The summed E-state index contributed by atoms with van der Waals surface area (Å²) in [5.74, 6) is 0.627. The zero-order chi connectivity index (χ0) is 17.9. The lowest BCUT2D eigenvalue weighted by atomic mass is 10.0. The molecule has 3 N–H and O–H groups in total. The number of amides is 2. The number of hydrogen-bond acceptors (Lipinski definition) is 3. The van der Waals surface area contributed by atoms with Gasteiger partial charge in [0.05, 0.1) is 5.75 Å². The summed E-state index contributed by atoms with van der Waals surface area (Å²) in [4.78, 5) is 12.3. The van der Waals surface area contributed by atoms with Crippen molar-refractivity contribution in [3.63, 3.8) is 0 Å². The molecule has 2 aromatic carbocycles. The van der Waals surface area contributed by atoms with Crippen LogP contribution in [0.4, 0.5) is 16.2 Å². The maximum atomic E-state index is 12.3. The number of para-hydroxylation sites is 1. The van der Waals surface area contributed by atoms with Crippen LogP contribution in [0.5, 0.6) is 5.75 Å². The van der Waals surface area contributed by atoms with E-state index >= 15 is 0 Å². The van der Waals surface area contributed by atoms with Gasteiger partial charge in [0.2, 0.25) is 0 Å².